The molecule has 0 aliphatic rings. The van der Waals surface area contributed by atoms with Crippen LogP contribution in [0.2, 0.25) is 0 Å². The van der Waals surface area contributed by atoms with E-state index in [1.165, 1.54) is 0 Å². The van der Waals surface area contributed by atoms with Crippen molar-refractivity contribution in [2.45, 2.75) is 19.3 Å². The maximum Gasteiger partial charge on any atom is 0.115 e. The van der Waals surface area contributed by atoms with Gasteiger partial charge in [-0.15, -0.1) is 0 Å². The first-order valence-corrected chi connectivity index (χ1v) is 9.91. The Kier molecular flexibility index (Phi) is 6.36. The van der Waals surface area contributed by atoms with Gasteiger partial charge in [-0.1, -0.05) is 98.8 Å². The maximum absolute atomic E-state index is 9.84. The van der Waals surface area contributed by atoms with Crippen molar-refractivity contribution in [2.75, 3.05) is 0 Å². The largest absolute Gasteiger partial charge is 0.508 e. The molecule has 0 atom stereocenters. The Hall–Kier alpha value is -3.52. The maximum atomic E-state index is 9.84. The fourth-order valence-electron chi connectivity index (χ4n) is 3.80. The van der Waals surface area contributed by atoms with Gasteiger partial charge in [-0.05, 0) is 46.5 Å². The van der Waals surface area contributed by atoms with Gasteiger partial charge in [-0.25, -0.2) is 0 Å². The van der Waals surface area contributed by atoms with Crippen LogP contribution >= 0.6 is 0 Å². The van der Waals surface area contributed by atoms with Crippen LogP contribution in [0.15, 0.2) is 109 Å². The van der Waals surface area contributed by atoms with Gasteiger partial charge in [-0.2, -0.15) is 0 Å². The Morgan fingerprint density at radius 2 is 0.690 bits per heavy atom. The Morgan fingerprint density at radius 1 is 0.414 bits per heavy atom. The van der Waals surface area contributed by atoms with E-state index in [2.05, 4.69) is 24.3 Å². The highest BCUT2D eigenvalue weighted by Crippen LogP contribution is 2.45. The monoisotopic (exact) mass is 382 g/mol. The summed E-state index contributed by atoms with van der Waals surface area (Å²) in [4.78, 5) is 0. The number of aromatic hydroxyl groups is 2. The molecule has 0 saturated carbocycles. The van der Waals surface area contributed by atoms with Gasteiger partial charge in [0.15, 0.2) is 0 Å². The molecule has 2 heteroatoms. The van der Waals surface area contributed by atoms with Crippen molar-refractivity contribution < 1.29 is 10.2 Å². The molecule has 4 aromatic carbocycles. The first kappa shape index (κ1) is 20.2. The first-order chi connectivity index (χ1) is 14.2. The van der Waals surface area contributed by atoms with Gasteiger partial charge in [0, 0.05) is 0 Å². The number of hydrogen-bond acceptors (Lipinski definition) is 2. The molecule has 0 saturated heterocycles. The van der Waals surface area contributed by atoms with Crippen molar-refractivity contribution in [2.24, 2.45) is 0 Å². The number of phenols is 2. The van der Waals surface area contributed by atoms with Gasteiger partial charge in [-0.3, -0.25) is 0 Å². The summed E-state index contributed by atoms with van der Waals surface area (Å²) < 4.78 is 0. The summed E-state index contributed by atoms with van der Waals surface area (Å²) in [7, 11) is 0. The van der Waals surface area contributed by atoms with Gasteiger partial charge in [0.2, 0.25) is 0 Å². The Bertz CT molecular complexity index is 919. The van der Waals surface area contributed by atoms with E-state index in [1.807, 2.05) is 74.5 Å². The standard InChI is InChI=1S/C25H20O2.C2H6/c26-23-15-11-21(12-16-23)25(19-7-3-1-4-8-19,20-9-5-2-6-10-20)22-13-17-24(27)18-14-22;1-2/h1-18,26-27H;1-2H3. The van der Waals surface area contributed by atoms with Crippen LogP contribution in [0.5, 0.6) is 11.5 Å². The van der Waals surface area contributed by atoms with Crippen molar-refractivity contribution in [3.8, 4) is 11.5 Å². The van der Waals surface area contributed by atoms with E-state index in [9.17, 15) is 10.2 Å². The lowest BCUT2D eigenvalue weighted by Crippen LogP contribution is -2.30. The van der Waals surface area contributed by atoms with Gasteiger partial charge in [0.1, 0.15) is 11.5 Å². The van der Waals surface area contributed by atoms with Gasteiger partial charge in [0.25, 0.3) is 0 Å². The molecule has 0 aromatic heterocycles. The minimum Gasteiger partial charge on any atom is -0.508 e. The third kappa shape index (κ3) is 3.88. The summed E-state index contributed by atoms with van der Waals surface area (Å²) in [5, 5.41) is 19.7. The molecule has 4 aromatic rings. The molecule has 0 spiro atoms. The lowest BCUT2D eigenvalue weighted by Gasteiger charge is -2.36. The molecule has 4 rings (SSSR count). The summed E-state index contributed by atoms with van der Waals surface area (Å²) in [6.07, 6.45) is 0. The third-order valence-electron chi connectivity index (χ3n) is 5.01. The predicted molar refractivity (Wildman–Crippen MR) is 119 cm³/mol. The number of phenolic OH excluding ortho intramolecular Hbond substituents is 2. The van der Waals surface area contributed by atoms with Crippen molar-refractivity contribution in [3.63, 3.8) is 0 Å². The molecular weight excluding hydrogens is 356 g/mol. The van der Waals surface area contributed by atoms with E-state index in [-0.39, 0.29) is 11.5 Å². The molecule has 2 nitrogen and oxygen atoms in total. The van der Waals surface area contributed by atoms with E-state index >= 15 is 0 Å². The first-order valence-electron chi connectivity index (χ1n) is 9.91. The quantitative estimate of drug-likeness (QED) is 0.395. The molecule has 0 fully saturated rings. The second-order valence-corrected chi connectivity index (χ2v) is 6.58. The normalized spacial score (nSPS) is 10.7. The molecule has 0 unspecified atom stereocenters. The van der Waals surface area contributed by atoms with Crippen LogP contribution in [-0.2, 0) is 5.41 Å². The molecule has 0 aliphatic carbocycles. The fraction of sp³-hybridized carbons (Fsp3) is 0.111. The van der Waals surface area contributed by atoms with Crippen molar-refractivity contribution >= 4 is 0 Å². The predicted octanol–water partition coefficient (Wildman–Crippen LogP) is 6.51. The van der Waals surface area contributed by atoms with Crippen LogP contribution in [0.4, 0.5) is 0 Å². The van der Waals surface area contributed by atoms with Crippen LogP contribution in [0.25, 0.3) is 0 Å². The average molecular weight is 383 g/mol. The Balaban J connectivity index is 0.00000117. The smallest absolute Gasteiger partial charge is 0.115 e. The van der Waals surface area contributed by atoms with E-state index in [4.69, 9.17) is 0 Å². The van der Waals surface area contributed by atoms with Crippen LogP contribution in [0.3, 0.4) is 0 Å². The third-order valence-corrected chi connectivity index (χ3v) is 5.01. The minimum atomic E-state index is -0.566. The summed E-state index contributed by atoms with van der Waals surface area (Å²) in [6.45, 7) is 4.00. The van der Waals surface area contributed by atoms with Crippen molar-refractivity contribution in [1.29, 1.82) is 0 Å². The topological polar surface area (TPSA) is 40.5 Å². The SMILES string of the molecule is CC.Oc1ccc(C(c2ccccc2)(c2ccccc2)c2ccc(O)cc2)cc1. The van der Waals surface area contributed by atoms with Crippen LogP contribution in [-0.4, -0.2) is 10.2 Å². The van der Waals surface area contributed by atoms with E-state index in [1.54, 1.807) is 24.3 Å². The lowest BCUT2D eigenvalue weighted by molar-refractivity contribution is 0.474. The molecule has 29 heavy (non-hydrogen) atoms. The summed E-state index contributed by atoms with van der Waals surface area (Å²) >= 11 is 0. The van der Waals surface area contributed by atoms with Crippen LogP contribution in [0, 0.1) is 0 Å². The molecule has 0 amide bonds. The number of benzene rings is 4. The molecule has 146 valence electrons. The molecule has 0 heterocycles. The average Bonchev–Trinajstić information content (AvgIpc) is 2.79. The van der Waals surface area contributed by atoms with Gasteiger partial charge in [0.05, 0.1) is 5.41 Å². The molecule has 2 N–H and O–H groups in total. The number of rotatable bonds is 4. The highest BCUT2D eigenvalue weighted by Gasteiger charge is 2.38. The van der Waals surface area contributed by atoms with Gasteiger partial charge >= 0.3 is 0 Å². The zero-order valence-corrected chi connectivity index (χ0v) is 16.8. The van der Waals surface area contributed by atoms with Gasteiger partial charge < -0.3 is 10.2 Å². The van der Waals surface area contributed by atoms with E-state index in [0.29, 0.717) is 0 Å². The second-order valence-electron chi connectivity index (χ2n) is 6.58. The minimum absolute atomic E-state index is 0.236. The molecule has 0 radical (unpaired) electrons. The van der Waals surface area contributed by atoms with Crippen LogP contribution < -0.4 is 0 Å². The Morgan fingerprint density at radius 3 is 1.00 bits per heavy atom. The van der Waals surface area contributed by atoms with Crippen LogP contribution in [0.1, 0.15) is 36.1 Å². The molecule has 0 bridgehead atoms. The summed E-state index contributed by atoms with van der Waals surface area (Å²) in [5.74, 6) is 0.471. The van der Waals surface area contributed by atoms with E-state index < -0.39 is 5.41 Å². The second kappa shape index (κ2) is 9.11. The zero-order valence-electron chi connectivity index (χ0n) is 16.8. The zero-order chi connectivity index (χ0) is 20.7. The highest BCUT2D eigenvalue weighted by molar-refractivity contribution is 5.60. The lowest BCUT2D eigenvalue weighted by atomic mass is 9.65. The summed E-state index contributed by atoms with van der Waals surface area (Å²) in [6, 6.07) is 35.3. The summed E-state index contributed by atoms with van der Waals surface area (Å²) in [5.41, 5.74) is 3.76. The molecule has 0 aliphatic heterocycles. The Labute approximate surface area is 172 Å². The van der Waals surface area contributed by atoms with E-state index in [0.717, 1.165) is 22.3 Å². The van der Waals surface area contributed by atoms with Crippen molar-refractivity contribution in [1.82, 2.24) is 0 Å². The molecular formula is C27H26O2. The highest BCUT2D eigenvalue weighted by atomic mass is 16.3. The fourth-order valence-corrected chi connectivity index (χ4v) is 3.80. The van der Waals surface area contributed by atoms with Crippen molar-refractivity contribution in [3.05, 3.63) is 131 Å². The number of hydrogen-bond donors (Lipinski definition) is 2.